The van der Waals surface area contributed by atoms with E-state index in [9.17, 15) is 9.59 Å². The normalized spacial score (nSPS) is 11.0. The van der Waals surface area contributed by atoms with Crippen LogP contribution in [-0.2, 0) is 4.79 Å². The van der Waals surface area contributed by atoms with E-state index >= 15 is 0 Å². The fourth-order valence-corrected chi connectivity index (χ4v) is 1.55. The predicted molar refractivity (Wildman–Crippen MR) is 64.3 cm³/mol. The quantitative estimate of drug-likeness (QED) is 0.794. The number of hydrogen-bond donors (Lipinski definition) is 1. The number of aldehydes is 1. The fourth-order valence-electron chi connectivity index (χ4n) is 1.55. The molecule has 0 bridgehead atoms. The number of H-pyrrole nitrogens is 1. The van der Waals surface area contributed by atoms with Gasteiger partial charge >= 0.3 is 0 Å². The third-order valence-corrected chi connectivity index (χ3v) is 2.33. The molecule has 3 nitrogen and oxygen atoms in total. The summed E-state index contributed by atoms with van der Waals surface area (Å²) in [6.45, 7) is 0. The Labute approximate surface area is 92.4 Å². The van der Waals surface area contributed by atoms with Crippen LogP contribution in [0.3, 0.4) is 0 Å². The van der Waals surface area contributed by atoms with Crippen LogP contribution in [0.1, 0.15) is 12.0 Å². The Morgan fingerprint density at radius 1 is 1.25 bits per heavy atom. The van der Waals surface area contributed by atoms with Crippen LogP contribution in [0.25, 0.3) is 17.0 Å². The summed E-state index contributed by atoms with van der Waals surface area (Å²) in [4.78, 5) is 24.7. The van der Waals surface area contributed by atoms with Gasteiger partial charge < -0.3 is 9.78 Å². The van der Waals surface area contributed by atoms with E-state index in [0.29, 0.717) is 11.8 Å². The number of allylic oxidation sites excluding steroid dienone is 1. The molecule has 0 aliphatic carbocycles. The van der Waals surface area contributed by atoms with Crippen LogP contribution in [0.5, 0.6) is 0 Å². The number of pyridine rings is 1. The Bertz CT molecular complexity index is 596. The molecule has 1 aromatic carbocycles. The minimum Gasteiger partial charge on any atom is -0.361 e. The van der Waals surface area contributed by atoms with Gasteiger partial charge in [-0.3, -0.25) is 4.79 Å². The van der Waals surface area contributed by atoms with Crippen molar-refractivity contribution in [2.24, 2.45) is 0 Å². The second-order valence-electron chi connectivity index (χ2n) is 3.45. The van der Waals surface area contributed by atoms with E-state index in [1.807, 2.05) is 24.3 Å². The predicted octanol–water partition coefficient (Wildman–Crippen LogP) is 2.13. The van der Waals surface area contributed by atoms with E-state index in [0.717, 1.165) is 17.4 Å². The molecule has 0 saturated heterocycles. The number of benzene rings is 1. The van der Waals surface area contributed by atoms with Gasteiger partial charge in [-0.1, -0.05) is 18.2 Å². The Kier molecular flexibility index (Phi) is 2.96. The molecule has 0 saturated carbocycles. The molecular formula is C13H11NO2. The number of rotatable bonds is 3. The molecule has 0 atom stereocenters. The van der Waals surface area contributed by atoms with Crippen molar-refractivity contribution in [3.8, 4) is 0 Å². The van der Waals surface area contributed by atoms with Crippen molar-refractivity contribution in [1.82, 2.24) is 4.98 Å². The molecule has 2 rings (SSSR count). The highest BCUT2D eigenvalue weighted by molar-refractivity contribution is 5.81. The zero-order chi connectivity index (χ0) is 11.4. The third-order valence-electron chi connectivity index (χ3n) is 2.33. The summed E-state index contributed by atoms with van der Waals surface area (Å²) in [7, 11) is 0. The van der Waals surface area contributed by atoms with Gasteiger partial charge in [-0.25, -0.2) is 0 Å². The van der Waals surface area contributed by atoms with Gasteiger partial charge in [-0.15, -0.1) is 0 Å². The molecule has 0 spiro atoms. The topological polar surface area (TPSA) is 49.9 Å². The highest BCUT2D eigenvalue weighted by Crippen LogP contribution is 2.11. The van der Waals surface area contributed by atoms with Crippen LogP contribution in [0.4, 0.5) is 0 Å². The van der Waals surface area contributed by atoms with Crippen molar-refractivity contribution in [3.05, 3.63) is 52.3 Å². The van der Waals surface area contributed by atoms with Gasteiger partial charge in [-0.05, 0) is 17.7 Å². The van der Waals surface area contributed by atoms with Crippen LogP contribution in [-0.4, -0.2) is 11.3 Å². The molecule has 3 heteroatoms. The molecule has 16 heavy (non-hydrogen) atoms. The molecule has 80 valence electrons. The number of nitrogens with one attached hydrogen (secondary N) is 1. The van der Waals surface area contributed by atoms with Crippen molar-refractivity contribution in [1.29, 1.82) is 0 Å². The summed E-state index contributed by atoms with van der Waals surface area (Å²) in [6, 6.07) is 7.08. The van der Waals surface area contributed by atoms with Gasteiger partial charge in [0.25, 0.3) is 0 Å². The van der Waals surface area contributed by atoms with Crippen LogP contribution >= 0.6 is 0 Å². The minimum atomic E-state index is -0.000567. The monoisotopic (exact) mass is 213 g/mol. The molecule has 0 fully saturated rings. The number of carbonyl (C=O) groups is 1. The van der Waals surface area contributed by atoms with E-state index in [1.54, 1.807) is 12.3 Å². The van der Waals surface area contributed by atoms with Crippen LogP contribution in [0.15, 0.2) is 41.3 Å². The Balaban J connectivity index is 2.47. The fraction of sp³-hybridized carbons (Fsp3) is 0.0769. The van der Waals surface area contributed by atoms with Gasteiger partial charge in [0.1, 0.15) is 6.29 Å². The summed E-state index contributed by atoms with van der Waals surface area (Å²) >= 11 is 0. The lowest BCUT2D eigenvalue weighted by Gasteiger charge is -1.98. The van der Waals surface area contributed by atoms with Crippen LogP contribution < -0.4 is 5.43 Å². The molecule has 1 aromatic heterocycles. The highest BCUT2D eigenvalue weighted by Gasteiger charge is 1.97. The molecule has 1 heterocycles. The van der Waals surface area contributed by atoms with E-state index in [2.05, 4.69) is 4.98 Å². The maximum absolute atomic E-state index is 11.6. The van der Waals surface area contributed by atoms with Crippen molar-refractivity contribution in [2.45, 2.75) is 6.42 Å². The van der Waals surface area contributed by atoms with E-state index in [4.69, 9.17) is 0 Å². The van der Waals surface area contributed by atoms with Gasteiger partial charge in [0.05, 0.1) is 0 Å². The molecule has 0 unspecified atom stereocenters. The number of carbonyl (C=O) groups excluding carboxylic acids is 1. The standard InChI is InChI=1S/C13H11NO2/c15-8-2-1-3-10-4-5-12-11(9-10)13(16)6-7-14-12/h1,3-9H,2H2,(H,14,16). The number of aromatic amines is 1. The maximum Gasteiger partial charge on any atom is 0.189 e. The van der Waals surface area contributed by atoms with E-state index in [-0.39, 0.29) is 5.43 Å². The first kappa shape index (κ1) is 10.4. The second-order valence-corrected chi connectivity index (χ2v) is 3.45. The molecule has 1 N–H and O–H groups in total. The third kappa shape index (κ3) is 2.08. The average Bonchev–Trinajstić information content (AvgIpc) is 2.30. The van der Waals surface area contributed by atoms with Gasteiger partial charge in [0, 0.05) is 29.6 Å². The van der Waals surface area contributed by atoms with Crippen molar-refractivity contribution in [2.75, 3.05) is 0 Å². The smallest absolute Gasteiger partial charge is 0.189 e. The zero-order valence-corrected chi connectivity index (χ0v) is 8.64. The van der Waals surface area contributed by atoms with Gasteiger partial charge in [-0.2, -0.15) is 0 Å². The van der Waals surface area contributed by atoms with Crippen LogP contribution in [0, 0.1) is 0 Å². The summed E-state index contributed by atoms with van der Waals surface area (Å²) in [5, 5.41) is 0.663. The van der Waals surface area contributed by atoms with E-state index in [1.165, 1.54) is 6.07 Å². The summed E-state index contributed by atoms with van der Waals surface area (Å²) in [5.41, 5.74) is 1.74. The number of fused-ring (bicyclic) bond motifs is 1. The lowest BCUT2D eigenvalue weighted by molar-refractivity contribution is -0.107. The lowest BCUT2D eigenvalue weighted by Crippen LogP contribution is -1.99. The Morgan fingerprint density at radius 2 is 2.12 bits per heavy atom. The summed E-state index contributed by atoms with van der Waals surface area (Å²) in [5.74, 6) is 0. The SMILES string of the molecule is O=CCC=Cc1ccc2[nH]ccc(=O)c2c1. The summed E-state index contributed by atoms with van der Waals surface area (Å²) in [6.07, 6.45) is 6.46. The Hall–Kier alpha value is -2.16. The highest BCUT2D eigenvalue weighted by atomic mass is 16.1. The van der Waals surface area contributed by atoms with Crippen molar-refractivity contribution in [3.63, 3.8) is 0 Å². The molecule has 2 aromatic rings. The molecule has 0 amide bonds. The maximum atomic E-state index is 11.6. The van der Waals surface area contributed by atoms with E-state index < -0.39 is 0 Å². The number of aromatic nitrogens is 1. The first-order valence-corrected chi connectivity index (χ1v) is 5.03. The Morgan fingerprint density at radius 3 is 2.94 bits per heavy atom. The molecule has 0 aliphatic heterocycles. The average molecular weight is 213 g/mol. The molecule has 0 aliphatic rings. The minimum absolute atomic E-state index is 0.000567. The molecule has 0 radical (unpaired) electrons. The lowest BCUT2D eigenvalue weighted by atomic mass is 10.1. The van der Waals surface area contributed by atoms with Crippen LogP contribution in [0.2, 0.25) is 0 Å². The van der Waals surface area contributed by atoms with Crippen molar-refractivity contribution < 1.29 is 4.79 Å². The number of hydrogen-bond acceptors (Lipinski definition) is 2. The first-order chi connectivity index (χ1) is 7.81. The van der Waals surface area contributed by atoms with Crippen molar-refractivity contribution >= 4 is 23.3 Å². The van der Waals surface area contributed by atoms with Gasteiger partial charge in [0.2, 0.25) is 0 Å². The summed E-state index contributed by atoms with van der Waals surface area (Å²) < 4.78 is 0. The first-order valence-electron chi connectivity index (χ1n) is 5.03. The molecular weight excluding hydrogens is 202 g/mol. The second kappa shape index (κ2) is 4.57. The largest absolute Gasteiger partial charge is 0.361 e. The zero-order valence-electron chi connectivity index (χ0n) is 8.64. The van der Waals surface area contributed by atoms with Gasteiger partial charge in [0.15, 0.2) is 5.43 Å².